The monoisotopic (exact) mass is 850 g/mol. The maximum Gasteiger partial charge on any atom is 0.262 e. The van der Waals surface area contributed by atoms with Gasteiger partial charge in [0.1, 0.15) is 36.4 Å². The van der Waals surface area contributed by atoms with E-state index in [1.807, 2.05) is 49.4 Å². The van der Waals surface area contributed by atoms with Crippen molar-refractivity contribution in [3.05, 3.63) is 146 Å². The van der Waals surface area contributed by atoms with Gasteiger partial charge in [-0.05, 0) is 96.5 Å². The number of halogens is 1. The average Bonchev–Trinajstić information content (AvgIpc) is 3.90. The zero-order valence-corrected chi connectivity index (χ0v) is 35.4. The number of rotatable bonds is 16. The van der Waals surface area contributed by atoms with Crippen LogP contribution >= 0.6 is 11.6 Å². The molecule has 0 aliphatic carbocycles. The van der Waals surface area contributed by atoms with E-state index in [2.05, 4.69) is 62.4 Å². The van der Waals surface area contributed by atoms with E-state index < -0.39 is 0 Å². The number of hydrogen-bond donors (Lipinski definition) is 4. The van der Waals surface area contributed by atoms with Gasteiger partial charge in [0.25, 0.3) is 5.56 Å². The lowest BCUT2D eigenvalue weighted by atomic mass is 9.91. The number of carbonyl (C=O) groups excluding carboxylic acids is 2. The number of carbonyl (C=O) groups is 2. The molecule has 6 aromatic rings. The van der Waals surface area contributed by atoms with Gasteiger partial charge >= 0.3 is 0 Å². The lowest BCUT2D eigenvalue weighted by Gasteiger charge is -2.19. The Morgan fingerprint density at radius 1 is 0.774 bits per heavy atom. The van der Waals surface area contributed by atoms with E-state index in [-0.39, 0.29) is 42.7 Å². The Labute approximate surface area is 364 Å². The summed E-state index contributed by atoms with van der Waals surface area (Å²) in [6.07, 6.45) is 9.24. The molecule has 5 heterocycles. The highest BCUT2D eigenvalue weighted by atomic mass is 35.5. The number of benzene rings is 3. The number of hydrogen-bond acceptors (Lipinski definition) is 10. The van der Waals surface area contributed by atoms with E-state index in [0.717, 1.165) is 62.9 Å². The molecular formula is C48H47ClN8O5. The number of pyridine rings is 2. The van der Waals surface area contributed by atoms with E-state index in [9.17, 15) is 19.6 Å². The third-order valence-electron chi connectivity index (χ3n) is 11.5. The molecule has 0 saturated carbocycles. The summed E-state index contributed by atoms with van der Waals surface area (Å²) in [5, 5.41) is 22.5. The molecule has 3 aromatic heterocycles. The molecular weight excluding hydrogens is 804 g/mol. The quantitative estimate of drug-likeness (QED) is 0.0848. The number of nitriles is 1. The summed E-state index contributed by atoms with van der Waals surface area (Å²) in [5.41, 5.74) is 9.84. The normalized spacial score (nSPS) is 16.0. The van der Waals surface area contributed by atoms with Crippen LogP contribution in [-0.2, 0) is 35.9 Å². The maximum absolute atomic E-state index is 13.4. The lowest BCUT2D eigenvalue weighted by molar-refractivity contribution is -0.120. The number of nitrogens with one attached hydrogen (secondary N) is 4. The summed E-state index contributed by atoms with van der Waals surface area (Å²) in [6, 6.07) is 23.9. The van der Waals surface area contributed by atoms with Gasteiger partial charge in [-0.3, -0.25) is 23.8 Å². The highest BCUT2D eigenvalue weighted by Gasteiger charge is 2.22. The van der Waals surface area contributed by atoms with Crippen LogP contribution in [-0.4, -0.2) is 51.4 Å². The summed E-state index contributed by atoms with van der Waals surface area (Å²) in [4.78, 5) is 45.4. The highest BCUT2D eigenvalue weighted by molar-refractivity contribution is 6.31. The Kier molecular flexibility index (Phi) is 12.9. The first-order valence-electron chi connectivity index (χ1n) is 20.7. The zero-order chi connectivity index (χ0) is 43.2. The molecule has 2 aliphatic rings. The molecule has 62 heavy (non-hydrogen) atoms. The van der Waals surface area contributed by atoms with Gasteiger partial charge < -0.3 is 30.7 Å². The van der Waals surface area contributed by atoms with E-state index in [0.29, 0.717) is 72.3 Å². The summed E-state index contributed by atoms with van der Waals surface area (Å²) in [5.74, 6) is 1.46. The van der Waals surface area contributed by atoms with Gasteiger partial charge in [0, 0.05) is 103 Å². The van der Waals surface area contributed by atoms with Gasteiger partial charge in [-0.25, -0.2) is 4.98 Å². The fraction of sp³-hybridized carbons (Fsp3) is 0.292. The van der Waals surface area contributed by atoms with Crippen molar-refractivity contribution >= 4 is 29.1 Å². The second-order valence-corrected chi connectivity index (χ2v) is 16.2. The van der Waals surface area contributed by atoms with Crippen molar-refractivity contribution in [2.45, 2.75) is 77.9 Å². The van der Waals surface area contributed by atoms with Gasteiger partial charge in [-0.2, -0.15) is 5.26 Å². The smallest absolute Gasteiger partial charge is 0.262 e. The molecule has 0 spiro atoms. The molecule has 0 unspecified atom stereocenters. The largest absolute Gasteiger partial charge is 0.489 e. The SMILES string of the molecule is Cc1c(OCc2cc(OCc3cncc(C#N)c3)c(CNC[C@@H]3CCC(=O)N3)cc2Cl)cccc1-c1cccc(-c2ccn3c(=O)c(CNC[C@@H]4CCC(=O)N4)cnc3c2)c1C. The minimum atomic E-state index is -0.132. The fourth-order valence-electron chi connectivity index (χ4n) is 8.09. The molecule has 2 aliphatic heterocycles. The summed E-state index contributed by atoms with van der Waals surface area (Å²) in [7, 11) is 0. The first-order chi connectivity index (χ1) is 30.1. The summed E-state index contributed by atoms with van der Waals surface area (Å²) < 4.78 is 14.4. The van der Waals surface area contributed by atoms with Crippen LogP contribution in [0.5, 0.6) is 11.5 Å². The number of ether oxygens (including phenoxy) is 2. The van der Waals surface area contributed by atoms with Crippen molar-refractivity contribution < 1.29 is 19.1 Å². The highest BCUT2D eigenvalue weighted by Crippen LogP contribution is 2.37. The van der Waals surface area contributed by atoms with Crippen LogP contribution in [0.1, 0.15) is 64.6 Å². The molecule has 0 bridgehead atoms. The van der Waals surface area contributed by atoms with Crippen molar-refractivity contribution in [3.63, 3.8) is 0 Å². The average molecular weight is 851 g/mol. The number of fused-ring (bicyclic) bond motifs is 1. The van der Waals surface area contributed by atoms with Gasteiger partial charge in [0.2, 0.25) is 11.8 Å². The summed E-state index contributed by atoms with van der Waals surface area (Å²) in [6.45, 7) is 6.57. The van der Waals surface area contributed by atoms with Crippen molar-refractivity contribution in [2.24, 2.45) is 0 Å². The van der Waals surface area contributed by atoms with Crippen LogP contribution in [0.15, 0.2) is 96.3 Å². The van der Waals surface area contributed by atoms with Crippen molar-refractivity contribution in [1.82, 2.24) is 35.6 Å². The second kappa shape index (κ2) is 19.0. The predicted octanol–water partition coefficient (Wildman–Crippen LogP) is 6.46. The van der Waals surface area contributed by atoms with Crippen LogP contribution in [0, 0.1) is 25.2 Å². The maximum atomic E-state index is 13.4. The van der Waals surface area contributed by atoms with Crippen LogP contribution in [0.2, 0.25) is 5.02 Å². The Hall–Kier alpha value is -6.59. The molecule has 2 amide bonds. The minimum absolute atomic E-state index is 0.0646. The van der Waals surface area contributed by atoms with Gasteiger partial charge in [0.15, 0.2) is 0 Å². The van der Waals surface area contributed by atoms with Gasteiger partial charge in [0.05, 0.1) is 5.56 Å². The number of nitrogens with zero attached hydrogens (tertiary/aromatic N) is 4. The predicted molar refractivity (Wildman–Crippen MR) is 237 cm³/mol. The molecule has 2 fully saturated rings. The number of amides is 2. The van der Waals surface area contributed by atoms with Crippen LogP contribution in [0.4, 0.5) is 0 Å². The first-order valence-corrected chi connectivity index (χ1v) is 21.1. The summed E-state index contributed by atoms with van der Waals surface area (Å²) >= 11 is 6.91. The molecule has 3 aromatic carbocycles. The first kappa shape index (κ1) is 42.1. The Morgan fingerprint density at radius 2 is 1.45 bits per heavy atom. The molecule has 4 N–H and O–H groups in total. The molecule has 2 atom stereocenters. The van der Waals surface area contributed by atoms with Gasteiger partial charge in [-0.1, -0.05) is 41.9 Å². The van der Waals surface area contributed by atoms with Crippen molar-refractivity contribution in [2.75, 3.05) is 13.1 Å². The van der Waals surface area contributed by atoms with Crippen LogP contribution in [0.25, 0.3) is 27.9 Å². The van der Waals surface area contributed by atoms with E-state index >= 15 is 0 Å². The van der Waals surface area contributed by atoms with E-state index in [1.54, 1.807) is 29.1 Å². The van der Waals surface area contributed by atoms with Crippen LogP contribution in [0.3, 0.4) is 0 Å². The Balaban J connectivity index is 0.985. The molecule has 8 rings (SSSR count). The van der Waals surface area contributed by atoms with E-state index in [1.165, 1.54) is 6.20 Å². The van der Waals surface area contributed by atoms with Crippen molar-refractivity contribution in [3.8, 4) is 39.8 Å². The lowest BCUT2D eigenvalue weighted by Crippen LogP contribution is -2.36. The molecule has 2 saturated heterocycles. The number of aromatic nitrogens is 3. The fourth-order valence-corrected chi connectivity index (χ4v) is 8.33. The zero-order valence-electron chi connectivity index (χ0n) is 34.6. The third kappa shape index (κ3) is 9.63. The van der Waals surface area contributed by atoms with Crippen molar-refractivity contribution in [1.29, 1.82) is 5.26 Å². The molecule has 316 valence electrons. The standard InChI is InChI=1S/C48H47ClN8O5/c1-29-39(33-13-14-57-45(18-33)54-24-36(48(57)60)23-53-26-38-10-12-47(59)56-38)5-3-6-40(29)41-7-4-8-43(30(41)2)62-28-35-17-44(61-27-32-15-31(19-50)20-51-21-32)34(16-42(35)49)22-52-25-37-9-11-46(58)55-37/h3-8,13-18,20-21,24,37-38,52-53H,9-12,22-23,25-28H2,1-2H3,(H,55,58)(H,56,59)/t37-,38-/m0/s1. The molecule has 0 radical (unpaired) electrons. The minimum Gasteiger partial charge on any atom is -0.489 e. The van der Waals surface area contributed by atoms with Crippen LogP contribution < -0.4 is 36.3 Å². The molecule has 14 heteroatoms. The second-order valence-electron chi connectivity index (χ2n) is 15.8. The third-order valence-corrected chi connectivity index (χ3v) is 11.9. The van der Waals surface area contributed by atoms with E-state index in [4.69, 9.17) is 21.1 Å². The van der Waals surface area contributed by atoms with Gasteiger partial charge in [-0.15, -0.1) is 0 Å². The molecule has 13 nitrogen and oxygen atoms in total. The Morgan fingerprint density at radius 3 is 2.16 bits per heavy atom. The topological polar surface area (TPSA) is 172 Å². The Bertz CT molecular complexity index is 2770.